The normalized spacial score (nSPS) is 24.4. The van der Waals surface area contributed by atoms with Crippen LogP contribution in [0.5, 0.6) is 0 Å². The van der Waals surface area contributed by atoms with Crippen molar-refractivity contribution in [3.63, 3.8) is 0 Å². The Morgan fingerprint density at radius 2 is 1.43 bits per heavy atom. The summed E-state index contributed by atoms with van der Waals surface area (Å²) >= 11 is 1.82. The molecule has 3 heteroatoms. The van der Waals surface area contributed by atoms with Crippen LogP contribution in [0.25, 0.3) is 37.9 Å². The molecule has 6 aliphatic rings. The largest absolute Gasteiger partial charge is 0.331 e. The highest BCUT2D eigenvalue weighted by Crippen LogP contribution is 2.67. The van der Waals surface area contributed by atoms with E-state index in [2.05, 4.69) is 171 Å². The van der Waals surface area contributed by atoms with E-state index in [9.17, 15) is 0 Å². The molecule has 5 aromatic carbocycles. The Hall–Kier alpha value is -5.51. The second-order valence-electron chi connectivity index (χ2n) is 18.2. The number of nitrogens with zero attached hydrogens (tertiary/aromatic N) is 1. The molecule has 2 saturated carbocycles. The molecule has 1 spiro atoms. The Morgan fingerprint density at radius 3 is 2.22 bits per heavy atom. The van der Waals surface area contributed by atoms with Gasteiger partial charge in [0.2, 0.25) is 0 Å². The number of allylic oxidation sites excluding steroid dienone is 8. The topological polar surface area (TPSA) is 24.4 Å². The lowest BCUT2D eigenvalue weighted by molar-refractivity contribution is 0.0961. The number of rotatable bonds is 4. The molecule has 0 amide bonds. The Morgan fingerprint density at radius 1 is 0.707 bits per heavy atom. The quantitative estimate of drug-likeness (QED) is 0.190. The Balaban J connectivity index is 0.868. The van der Waals surface area contributed by atoms with Gasteiger partial charge in [-0.3, -0.25) is 4.99 Å². The third-order valence-electron chi connectivity index (χ3n) is 15.0. The third kappa shape index (κ3) is 5.05. The highest BCUT2D eigenvalue weighted by molar-refractivity contribution is 7.23. The van der Waals surface area contributed by atoms with E-state index in [-0.39, 0.29) is 11.5 Å². The summed E-state index contributed by atoms with van der Waals surface area (Å²) in [6, 6.07) is 44.7. The fourth-order valence-corrected chi connectivity index (χ4v) is 13.3. The first-order chi connectivity index (χ1) is 28.5. The fourth-order valence-electron chi connectivity index (χ4n) is 12.2. The van der Waals surface area contributed by atoms with Gasteiger partial charge in [-0.2, -0.15) is 0 Å². The summed E-state index contributed by atoms with van der Waals surface area (Å²) in [7, 11) is 0. The standard InChI is InChI=1S/C55H48N2S/c1-54(2)45-20-13-18-39(49(45)43-33-47-42(32-46(43)54)40-16-7-9-19-44(40)55(47)30-11-4-12-31-55)36-26-22-34(23-27-36)35-24-28-38(29-25-35)52-56-51(37-14-5-3-6-15-37)50-41-17-8-10-21-48(41)58-53(50)57-52/h3,5-10,13-18,20-29,32-33,42,44,47,51H,4,11-12,19,30-31H2,1-2H3,(H,56,57). The average molecular weight is 769 g/mol. The van der Waals surface area contributed by atoms with E-state index >= 15 is 0 Å². The summed E-state index contributed by atoms with van der Waals surface area (Å²) in [4.78, 5) is 5.36. The Labute approximate surface area is 346 Å². The summed E-state index contributed by atoms with van der Waals surface area (Å²) in [5.41, 5.74) is 16.8. The first kappa shape index (κ1) is 34.5. The van der Waals surface area contributed by atoms with Gasteiger partial charge in [-0.15, -0.1) is 11.3 Å². The molecule has 0 saturated heterocycles. The van der Waals surface area contributed by atoms with Crippen LogP contribution in [0.1, 0.15) is 86.2 Å². The summed E-state index contributed by atoms with van der Waals surface area (Å²) < 4.78 is 1.29. The van der Waals surface area contributed by atoms with E-state index in [1.165, 1.54) is 104 Å². The van der Waals surface area contributed by atoms with Crippen LogP contribution in [-0.4, -0.2) is 5.84 Å². The molecule has 4 atom stereocenters. The van der Waals surface area contributed by atoms with Crippen LogP contribution in [0.15, 0.2) is 168 Å². The maximum absolute atomic E-state index is 5.36. The summed E-state index contributed by atoms with van der Waals surface area (Å²) in [6.07, 6.45) is 21.0. The lowest BCUT2D eigenvalue weighted by atomic mass is 9.60. The minimum absolute atomic E-state index is 0.0240. The monoisotopic (exact) mass is 768 g/mol. The zero-order valence-electron chi connectivity index (χ0n) is 33.3. The first-order valence-electron chi connectivity index (χ1n) is 21.6. The van der Waals surface area contributed by atoms with E-state index in [0.29, 0.717) is 23.2 Å². The van der Waals surface area contributed by atoms with Crippen molar-refractivity contribution in [3.8, 4) is 22.3 Å². The van der Waals surface area contributed by atoms with Crippen molar-refractivity contribution in [2.45, 2.75) is 63.8 Å². The molecule has 1 aromatic heterocycles. The van der Waals surface area contributed by atoms with Crippen molar-refractivity contribution in [2.75, 3.05) is 5.32 Å². The summed E-state index contributed by atoms with van der Waals surface area (Å²) in [6.45, 7) is 4.93. The molecule has 12 rings (SSSR count). The minimum Gasteiger partial charge on any atom is -0.331 e. The number of benzene rings is 5. The predicted molar refractivity (Wildman–Crippen MR) is 244 cm³/mol. The highest BCUT2D eigenvalue weighted by Gasteiger charge is 2.58. The van der Waals surface area contributed by atoms with Crippen LogP contribution in [0.3, 0.4) is 0 Å². The Kier molecular flexibility index (Phi) is 7.74. The van der Waals surface area contributed by atoms with Gasteiger partial charge in [0.1, 0.15) is 16.9 Å². The molecule has 0 radical (unpaired) electrons. The van der Waals surface area contributed by atoms with Crippen LogP contribution in [0.2, 0.25) is 0 Å². The highest BCUT2D eigenvalue weighted by atomic mass is 32.1. The third-order valence-corrected chi connectivity index (χ3v) is 16.1. The van der Waals surface area contributed by atoms with Crippen LogP contribution in [0.4, 0.5) is 5.00 Å². The number of thiophene rings is 1. The molecule has 1 N–H and O–H groups in total. The van der Waals surface area contributed by atoms with E-state index < -0.39 is 0 Å². The van der Waals surface area contributed by atoms with E-state index in [0.717, 1.165) is 11.4 Å². The van der Waals surface area contributed by atoms with Gasteiger partial charge in [0.25, 0.3) is 0 Å². The minimum atomic E-state index is -0.0522. The average Bonchev–Trinajstić information content (AvgIpc) is 3.86. The second kappa shape index (κ2) is 13.0. The molecular formula is C55H48N2S. The van der Waals surface area contributed by atoms with Gasteiger partial charge in [0.05, 0.1) is 0 Å². The molecule has 2 heterocycles. The zero-order chi connectivity index (χ0) is 38.6. The van der Waals surface area contributed by atoms with Crippen molar-refractivity contribution in [3.05, 3.63) is 191 Å². The molecule has 284 valence electrons. The van der Waals surface area contributed by atoms with Crippen LogP contribution in [0, 0.1) is 23.2 Å². The number of anilines is 1. The van der Waals surface area contributed by atoms with Gasteiger partial charge < -0.3 is 5.32 Å². The van der Waals surface area contributed by atoms with E-state index in [4.69, 9.17) is 4.99 Å². The van der Waals surface area contributed by atoms with Gasteiger partial charge in [0.15, 0.2) is 0 Å². The maximum Gasteiger partial charge on any atom is 0.134 e. The zero-order valence-corrected chi connectivity index (χ0v) is 34.2. The number of fused-ring (bicyclic) bond motifs is 11. The molecule has 5 aliphatic carbocycles. The van der Waals surface area contributed by atoms with Gasteiger partial charge in [-0.05, 0) is 92.7 Å². The molecule has 6 aromatic rings. The number of amidine groups is 1. The second-order valence-corrected chi connectivity index (χ2v) is 19.2. The van der Waals surface area contributed by atoms with Gasteiger partial charge >= 0.3 is 0 Å². The van der Waals surface area contributed by atoms with Crippen molar-refractivity contribution in [2.24, 2.45) is 28.2 Å². The number of nitrogens with one attached hydrogen (secondary N) is 1. The lowest BCUT2D eigenvalue weighted by Gasteiger charge is -2.44. The van der Waals surface area contributed by atoms with Crippen molar-refractivity contribution >= 4 is 37.8 Å². The molecule has 4 unspecified atom stereocenters. The maximum atomic E-state index is 5.36. The fraction of sp³-hybridized carbons (Fsp3) is 0.255. The number of aliphatic imine (C=N–C) groups is 1. The molecular weight excluding hydrogens is 721 g/mol. The van der Waals surface area contributed by atoms with Crippen LogP contribution in [-0.2, 0) is 5.41 Å². The van der Waals surface area contributed by atoms with Crippen LogP contribution < -0.4 is 5.32 Å². The number of hydrogen-bond acceptors (Lipinski definition) is 3. The van der Waals surface area contributed by atoms with Crippen LogP contribution >= 0.6 is 11.3 Å². The van der Waals surface area contributed by atoms with Gasteiger partial charge in [0, 0.05) is 32.5 Å². The Bertz CT molecular complexity index is 2780. The van der Waals surface area contributed by atoms with Crippen molar-refractivity contribution < 1.29 is 0 Å². The smallest absolute Gasteiger partial charge is 0.134 e. The van der Waals surface area contributed by atoms with E-state index in [1.54, 1.807) is 11.1 Å². The summed E-state index contributed by atoms with van der Waals surface area (Å²) in [5, 5.41) is 6.20. The summed E-state index contributed by atoms with van der Waals surface area (Å²) in [5.74, 6) is 2.75. The van der Waals surface area contributed by atoms with Gasteiger partial charge in [-0.1, -0.05) is 184 Å². The molecule has 1 aliphatic heterocycles. The van der Waals surface area contributed by atoms with Gasteiger partial charge in [-0.25, -0.2) is 0 Å². The van der Waals surface area contributed by atoms with E-state index in [1.807, 2.05) is 11.3 Å². The van der Waals surface area contributed by atoms with Crippen molar-refractivity contribution in [1.82, 2.24) is 0 Å². The lowest BCUT2D eigenvalue weighted by Crippen LogP contribution is -2.35. The first-order valence-corrected chi connectivity index (χ1v) is 22.4. The SMILES string of the molecule is CC1(C)C2=CC3C4=CC=CCC4C4(CCCCC4)C3C=C2c2c(-c3ccc(-c4ccc(C5=NC(c6ccccc6)c6c(sc7ccccc67)N5)cc4)cc3)cccc21. The molecule has 2 nitrogen and oxygen atoms in total. The molecule has 58 heavy (non-hydrogen) atoms. The molecule has 0 bridgehead atoms. The van der Waals surface area contributed by atoms with Crippen molar-refractivity contribution in [1.29, 1.82) is 0 Å². The number of hydrogen-bond donors (Lipinski definition) is 1. The molecule has 2 fully saturated rings. The predicted octanol–water partition coefficient (Wildman–Crippen LogP) is 14.5.